The number of likely N-dealkylation sites (N-methyl/N-ethyl adjacent to an activating group) is 1. The Hall–Kier alpha value is -2.94. The van der Waals surface area contributed by atoms with Gasteiger partial charge in [0.1, 0.15) is 18.4 Å². The first-order valence-corrected chi connectivity index (χ1v) is 11.3. The number of carbonyl (C=O) groups is 2. The second kappa shape index (κ2) is 10.2. The Balaban J connectivity index is 2.42. The smallest absolute Gasteiger partial charge is 0.244 e. The van der Waals surface area contributed by atoms with Crippen LogP contribution in [-0.4, -0.2) is 51.0 Å². The molecule has 2 aromatic carbocycles. The molecule has 0 aliphatic carbocycles. The van der Waals surface area contributed by atoms with Crippen LogP contribution in [0.15, 0.2) is 54.6 Å². The van der Waals surface area contributed by atoms with E-state index in [0.717, 1.165) is 22.2 Å². The second-order valence-corrected chi connectivity index (χ2v) is 8.67. The first kappa shape index (κ1) is 23.3. The van der Waals surface area contributed by atoms with Gasteiger partial charge in [0, 0.05) is 13.6 Å². The Morgan fingerprint density at radius 1 is 1.07 bits per heavy atom. The summed E-state index contributed by atoms with van der Waals surface area (Å²) in [5.74, 6) is -1.73. The van der Waals surface area contributed by atoms with Gasteiger partial charge in [0.15, 0.2) is 0 Å². The highest BCUT2D eigenvalue weighted by atomic mass is 32.2. The lowest BCUT2D eigenvalue weighted by molar-refractivity contribution is -0.140. The molecule has 9 heteroatoms. The van der Waals surface area contributed by atoms with E-state index in [-0.39, 0.29) is 18.1 Å². The third-order valence-corrected chi connectivity index (χ3v) is 5.75. The minimum absolute atomic E-state index is 0.112. The lowest BCUT2D eigenvalue weighted by atomic mass is 10.1. The maximum absolute atomic E-state index is 14.3. The molecule has 0 bridgehead atoms. The fourth-order valence-corrected chi connectivity index (χ4v) is 3.97. The molecule has 0 aliphatic rings. The number of nitrogens with one attached hydrogen (secondary N) is 1. The maximum Gasteiger partial charge on any atom is 0.244 e. The van der Waals surface area contributed by atoms with Crippen LogP contribution in [0.4, 0.5) is 10.1 Å². The minimum atomic E-state index is -3.95. The lowest BCUT2D eigenvalue weighted by Crippen LogP contribution is -2.51. The monoisotopic (exact) mass is 435 g/mol. The second-order valence-electron chi connectivity index (χ2n) is 6.77. The van der Waals surface area contributed by atoms with Crippen LogP contribution in [0.1, 0.15) is 18.9 Å². The van der Waals surface area contributed by atoms with Gasteiger partial charge in [0.2, 0.25) is 21.8 Å². The Bertz CT molecular complexity index is 983. The molecular weight excluding hydrogens is 409 g/mol. The van der Waals surface area contributed by atoms with Crippen molar-refractivity contribution in [1.29, 1.82) is 0 Å². The highest BCUT2D eigenvalue weighted by Gasteiger charge is 2.31. The number of hydrogen-bond acceptors (Lipinski definition) is 4. The SMILES string of the molecule is CC[C@H](C(=O)NC)N(Cc1ccccc1)C(=O)CN(c1ccccc1F)S(C)(=O)=O. The Morgan fingerprint density at radius 3 is 2.20 bits per heavy atom. The zero-order valence-corrected chi connectivity index (χ0v) is 18.0. The van der Waals surface area contributed by atoms with Gasteiger partial charge >= 0.3 is 0 Å². The molecule has 0 saturated heterocycles. The van der Waals surface area contributed by atoms with Crippen LogP contribution in [-0.2, 0) is 26.2 Å². The van der Waals surface area contributed by atoms with Crippen LogP contribution < -0.4 is 9.62 Å². The summed E-state index contributed by atoms with van der Waals surface area (Å²) >= 11 is 0. The average Bonchev–Trinajstić information content (AvgIpc) is 2.72. The van der Waals surface area contributed by atoms with E-state index in [2.05, 4.69) is 5.32 Å². The molecule has 2 amide bonds. The van der Waals surface area contributed by atoms with E-state index in [1.165, 1.54) is 30.1 Å². The van der Waals surface area contributed by atoms with Crippen molar-refractivity contribution in [3.8, 4) is 0 Å². The number of amides is 2. The molecule has 2 rings (SSSR count). The maximum atomic E-state index is 14.3. The third kappa shape index (κ3) is 5.79. The molecule has 30 heavy (non-hydrogen) atoms. The normalized spacial score (nSPS) is 12.1. The molecule has 0 radical (unpaired) electrons. The van der Waals surface area contributed by atoms with E-state index >= 15 is 0 Å². The van der Waals surface area contributed by atoms with Gasteiger partial charge in [-0.15, -0.1) is 0 Å². The molecule has 0 unspecified atom stereocenters. The first-order chi connectivity index (χ1) is 14.2. The van der Waals surface area contributed by atoms with Crippen molar-refractivity contribution in [2.75, 3.05) is 24.2 Å². The summed E-state index contributed by atoms with van der Waals surface area (Å²) in [7, 11) is -2.48. The predicted molar refractivity (Wildman–Crippen MR) is 114 cm³/mol. The molecule has 0 aliphatic heterocycles. The molecule has 0 aromatic heterocycles. The van der Waals surface area contributed by atoms with Crippen LogP contribution in [0.25, 0.3) is 0 Å². The molecule has 1 N–H and O–H groups in total. The quantitative estimate of drug-likeness (QED) is 0.654. The number of halogens is 1. The van der Waals surface area contributed by atoms with E-state index in [1.807, 2.05) is 18.2 Å². The van der Waals surface area contributed by atoms with Crippen LogP contribution in [0.5, 0.6) is 0 Å². The van der Waals surface area contributed by atoms with Crippen molar-refractivity contribution in [3.63, 3.8) is 0 Å². The summed E-state index contributed by atoms with van der Waals surface area (Å²) < 4.78 is 39.7. The number of hydrogen-bond donors (Lipinski definition) is 1. The van der Waals surface area contributed by atoms with E-state index < -0.39 is 34.3 Å². The van der Waals surface area contributed by atoms with Gasteiger partial charge in [-0.25, -0.2) is 12.8 Å². The van der Waals surface area contributed by atoms with Gasteiger partial charge in [-0.1, -0.05) is 49.4 Å². The molecule has 0 saturated carbocycles. The van der Waals surface area contributed by atoms with Crippen molar-refractivity contribution in [2.45, 2.75) is 25.9 Å². The summed E-state index contributed by atoms with van der Waals surface area (Å²) in [5.41, 5.74) is 0.561. The summed E-state index contributed by atoms with van der Waals surface area (Å²) in [6.07, 6.45) is 1.24. The number of benzene rings is 2. The summed E-state index contributed by atoms with van der Waals surface area (Å²) in [6, 6.07) is 13.6. The van der Waals surface area contributed by atoms with Crippen molar-refractivity contribution >= 4 is 27.5 Å². The average molecular weight is 436 g/mol. The van der Waals surface area contributed by atoms with Crippen LogP contribution in [0, 0.1) is 5.82 Å². The van der Waals surface area contributed by atoms with Crippen LogP contribution in [0.2, 0.25) is 0 Å². The van der Waals surface area contributed by atoms with Gasteiger partial charge < -0.3 is 10.2 Å². The molecule has 7 nitrogen and oxygen atoms in total. The zero-order valence-electron chi connectivity index (χ0n) is 17.2. The minimum Gasteiger partial charge on any atom is -0.357 e. The summed E-state index contributed by atoms with van der Waals surface area (Å²) in [6.45, 7) is 1.25. The van der Waals surface area contributed by atoms with E-state index in [1.54, 1.807) is 19.1 Å². The largest absolute Gasteiger partial charge is 0.357 e. The molecule has 0 fully saturated rings. The Morgan fingerprint density at radius 2 is 1.67 bits per heavy atom. The van der Waals surface area contributed by atoms with Gasteiger partial charge in [-0.2, -0.15) is 0 Å². The van der Waals surface area contributed by atoms with Crippen LogP contribution >= 0.6 is 0 Å². The molecule has 0 heterocycles. The molecule has 0 spiro atoms. The lowest BCUT2D eigenvalue weighted by Gasteiger charge is -2.32. The number of rotatable bonds is 9. The number of anilines is 1. The highest BCUT2D eigenvalue weighted by Crippen LogP contribution is 2.22. The van der Waals surface area contributed by atoms with E-state index in [9.17, 15) is 22.4 Å². The first-order valence-electron chi connectivity index (χ1n) is 9.46. The van der Waals surface area contributed by atoms with E-state index in [4.69, 9.17) is 0 Å². The third-order valence-electron chi connectivity index (χ3n) is 4.63. The van der Waals surface area contributed by atoms with Gasteiger partial charge in [-0.3, -0.25) is 13.9 Å². The van der Waals surface area contributed by atoms with E-state index in [0.29, 0.717) is 6.42 Å². The molecule has 162 valence electrons. The summed E-state index contributed by atoms with van der Waals surface area (Å²) in [4.78, 5) is 26.9. The Labute approximate surface area is 176 Å². The molecule has 2 aromatic rings. The highest BCUT2D eigenvalue weighted by molar-refractivity contribution is 7.92. The van der Waals surface area contributed by atoms with Gasteiger partial charge in [0.05, 0.1) is 11.9 Å². The zero-order chi connectivity index (χ0) is 22.3. The molecule has 1 atom stereocenters. The number of carbonyl (C=O) groups excluding carboxylic acids is 2. The van der Waals surface area contributed by atoms with Crippen molar-refractivity contribution in [3.05, 3.63) is 66.0 Å². The van der Waals surface area contributed by atoms with Crippen molar-refractivity contribution in [1.82, 2.24) is 10.2 Å². The number of para-hydroxylation sites is 1. The number of sulfonamides is 1. The predicted octanol–water partition coefficient (Wildman–Crippen LogP) is 2.15. The van der Waals surface area contributed by atoms with Crippen molar-refractivity contribution in [2.24, 2.45) is 0 Å². The fourth-order valence-electron chi connectivity index (χ4n) is 3.11. The van der Waals surface area contributed by atoms with Crippen molar-refractivity contribution < 1.29 is 22.4 Å². The fraction of sp³-hybridized carbons (Fsp3) is 0.333. The number of nitrogens with zero attached hydrogens (tertiary/aromatic N) is 2. The Kier molecular flexibility index (Phi) is 7.93. The standard InChI is InChI=1S/C21H26FN3O4S/c1-4-18(21(27)23-2)24(14-16-10-6-5-7-11-16)20(26)15-25(30(3,28)29)19-13-9-8-12-17(19)22/h5-13,18H,4,14-15H2,1-3H3,(H,23,27)/t18-/m1/s1. The van der Waals surface area contributed by atoms with Gasteiger partial charge in [0.25, 0.3) is 0 Å². The van der Waals surface area contributed by atoms with Crippen LogP contribution in [0.3, 0.4) is 0 Å². The van der Waals surface area contributed by atoms with Gasteiger partial charge in [-0.05, 0) is 24.1 Å². The molecular formula is C21H26FN3O4S. The topological polar surface area (TPSA) is 86.8 Å². The summed E-state index contributed by atoms with van der Waals surface area (Å²) in [5, 5.41) is 2.54.